The number of hydrogen-bond acceptors (Lipinski definition) is 3. The summed E-state index contributed by atoms with van der Waals surface area (Å²) in [6.45, 7) is 14.1. The molecule has 3 atom stereocenters. The Kier molecular flexibility index (Phi) is 5.83. The van der Waals surface area contributed by atoms with Crippen LogP contribution < -0.4 is 15.4 Å². The molecule has 1 aliphatic heterocycles. The van der Waals surface area contributed by atoms with E-state index in [0.29, 0.717) is 18.6 Å². The molecule has 0 amide bonds. The summed E-state index contributed by atoms with van der Waals surface area (Å²) < 4.78 is 5.99. The molecule has 1 aliphatic rings. The molecular formula is C20H34N2O. The van der Waals surface area contributed by atoms with E-state index in [1.165, 1.54) is 29.8 Å². The minimum Gasteiger partial charge on any atom is -0.492 e. The summed E-state index contributed by atoms with van der Waals surface area (Å²) in [6.07, 6.45) is 4.60. The van der Waals surface area contributed by atoms with E-state index in [0.717, 1.165) is 18.6 Å². The maximum absolute atomic E-state index is 5.99. The first kappa shape index (κ1) is 18.0. The number of benzene rings is 1. The van der Waals surface area contributed by atoms with E-state index in [4.69, 9.17) is 4.74 Å². The van der Waals surface area contributed by atoms with E-state index in [-0.39, 0.29) is 5.54 Å². The molecule has 0 saturated carbocycles. The maximum Gasteiger partial charge on any atom is 0.144 e. The molecule has 2 N–H and O–H groups in total. The standard InChI is InChI=1S/C20H34N2O/c1-7-14(5)21-16-11-17-15(8-2)13-20(6,9-3)22-19(17)18(12-16)23-10-4/h11-12,14-15,21-22H,7-10,13H2,1-6H3. The van der Waals surface area contributed by atoms with Gasteiger partial charge in [-0.15, -0.1) is 0 Å². The van der Waals surface area contributed by atoms with Crippen molar-refractivity contribution in [3.05, 3.63) is 17.7 Å². The summed E-state index contributed by atoms with van der Waals surface area (Å²) in [5.41, 5.74) is 3.96. The van der Waals surface area contributed by atoms with Crippen LogP contribution in [0.1, 0.15) is 78.7 Å². The lowest BCUT2D eigenvalue weighted by atomic mass is 9.77. The van der Waals surface area contributed by atoms with Crippen molar-refractivity contribution in [2.45, 2.75) is 84.7 Å². The predicted molar refractivity (Wildman–Crippen MR) is 101 cm³/mol. The predicted octanol–water partition coefficient (Wildman–Crippen LogP) is 5.77. The SMILES string of the molecule is CCOc1cc(NC(C)CC)cc2c1NC(C)(CC)CC2CC. The van der Waals surface area contributed by atoms with E-state index < -0.39 is 0 Å². The number of fused-ring (bicyclic) bond motifs is 1. The Morgan fingerprint density at radius 3 is 2.61 bits per heavy atom. The molecule has 1 aromatic rings. The minimum atomic E-state index is 0.158. The smallest absolute Gasteiger partial charge is 0.144 e. The molecular weight excluding hydrogens is 284 g/mol. The van der Waals surface area contributed by atoms with Crippen LogP contribution in [0.5, 0.6) is 5.75 Å². The maximum atomic E-state index is 5.99. The zero-order chi connectivity index (χ0) is 17.0. The van der Waals surface area contributed by atoms with Crippen molar-refractivity contribution in [3.8, 4) is 5.75 Å². The summed E-state index contributed by atoms with van der Waals surface area (Å²) in [4.78, 5) is 0. The number of hydrogen-bond donors (Lipinski definition) is 2. The zero-order valence-electron chi connectivity index (χ0n) is 15.8. The van der Waals surface area contributed by atoms with Crippen LogP contribution in [0.15, 0.2) is 12.1 Å². The molecule has 0 spiro atoms. The second kappa shape index (κ2) is 7.46. The third-order valence-electron chi connectivity index (χ3n) is 5.29. The Bertz CT molecular complexity index is 529. The Balaban J connectivity index is 2.47. The fourth-order valence-electron chi connectivity index (χ4n) is 3.44. The molecule has 130 valence electrons. The molecule has 3 heteroatoms. The van der Waals surface area contributed by atoms with Crippen LogP contribution in [0.25, 0.3) is 0 Å². The Hall–Kier alpha value is -1.38. The number of rotatable bonds is 7. The van der Waals surface area contributed by atoms with Crippen LogP contribution in [0.2, 0.25) is 0 Å². The van der Waals surface area contributed by atoms with Crippen molar-refractivity contribution in [1.82, 2.24) is 0 Å². The molecule has 2 rings (SSSR count). The van der Waals surface area contributed by atoms with Gasteiger partial charge in [-0.2, -0.15) is 0 Å². The topological polar surface area (TPSA) is 33.3 Å². The molecule has 0 aliphatic carbocycles. The molecule has 0 fully saturated rings. The van der Waals surface area contributed by atoms with Gasteiger partial charge >= 0.3 is 0 Å². The van der Waals surface area contributed by atoms with Gasteiger partial charge in [-0.3, -0.25) is 0 Å². The molecule has 3 nitrogen and oxygen atoms in total. The van der Waals surface area contributed by atoms with Gasteiger partial charge in [0, 0.05) is 23.3 Å². The molecule has 1 aromatic carbocycles. The van der Waals surface area contributed by atoms with Gasteiger partial charge in [0.1, 0.15) is 5.75 Å². The quantitative estimate of drug-likeness (QED) is 0.669. The van der Waals surface area contributed by atoms with Gasteiger partial charge in [0.25, 0.3) is 0 Å². The van der Waals surface area contributed by atoms with Crippen molar-refractivity contribution < 1.29 is 4.74 Å². The summed E-state index contributed by atoms with van der Waals surface area (Å²) >= 11 is 0. The third-order valence-corrected chi connectivity index (χ3v) is 5.29. The van der Waals surface area contributed by atoms with Crippen LogP contribution in [0, 0.1) is 0 Å². The largest absolute Gasteiger partial charge is 0.492 e. The van der Waals surface area contributed by atoms with E-state index in [1.807, 2.05) is 0 Å². The lowest BCUT2D eigenvalue weighted by Gasteiger charge is -2.41. The van der Waals surface area contributed by atoms with Gasteiger partial charge in [-0.1, -0.05) is 20.8 Å². The Labute approximate surface area is 142 Å². The van der Waals surface area contributed by atoms with Gasteiger partial charge in [-0.25, -0.2) is 0 Å². The third kappa shape index (κ3) is 3.94. The highest BCUT2D eigenvalue weighted by molar-refractivity contribution is 5.72. The van der Waals surface area contributed by atoms with Crippen LogP contribution in [0.3, 0.4) is 0 Å². The highest BCUT2D eigenvalue weighted by Crippen LogP contribution is 2.47. The van der Waals surface area contributed by atoms with Crippen LogP contribution in [0.4, 0.5) is 11.4 Å². The van der Waals surface area contributed by atoms with E-state index in [9.17, 15) is 0 Å². The van der Waals surface area contributed by atoms with Crippen LogP contribution in [-0.4, -0.2) is 18.2 Å². The van der Waals surface area contributed by atoms with Gasteiger partial charge in [0.05, 0.1) is 12.3 Å². The normalized spacial score (nSPS) is 24.5. The average molecular weight is 319 g/mol. The summed E-state index contributed by atoms with van der Waals surface area (Å²) in [5, 5.41) is 7.39. The summed E-state index contributed by atoms with van der Waals surface area (Å²) in [6, 6.07) is 4.97. The molecule has 0 radical (unpaired) electrons. The number of ether oxygens (including phenoxy) is 1. The van der Waals surface area contributed by atoms with Gasteiger partial charge in [0.2, 0.25) is 0 Å². The zero-order valence-corrected chi connectivity index (χ0v) is 15.8. The highest BCUT2D eigenvalue weighted by atomic mass is 16.5. The fourth-order valence-corrected chi connectivity index (χ4v) is 3.44. The van der Waals surface area contributed by atoms with Crippen molar-refractivity contribution in [1.29, 1.82) is 0 Å². The van der Waals surface area contributed by atoms with Crippen molar-refractivity contribution in [2.24, 2.45) is 0 Å². The van der Waals surface area contributed by atoms with Crippen molar-refractivity contribution in [2.75, 3.05) is 17.2 Å². The van der Waals surface area contributed by atoms with Crippen LogP contribution >= 0.6 is 0 Å². The fraction of sp³-hybridized carbons (Fsp3) is 0.700. The minimum absolute atomic E-state index is 0.158. The van der Waals surface area contributed by atoms with E-state index in [1.54, 1.807) is 0 Å². The van der Waals surface area contributed by atoms with E-state index >= 15 is 0 Å². The van der Waals surface area contributed by atoms with Crippen LogP contribution in [-0.2, 0) is 0 Å². The second-order valence-electron chi connectivity index (χ2n) is 7.17. The average Bonchev–Trinajstić information content (AvgIpc) is 2.55. The highest BCUT2D eigenvalue weighted by Gasteiger charge is 2.35. The monoisotopic (exact) mass is 318 g/mol. The first-order valence-electron chi connectivity index (χ1n) is 9.31. The van der Waals surface area contributed by atoms with Gasteiger partial charge < -0.3 is 15.4 Å². The number of nitrogens with one attached hydrogen (secondary N) is 2. The molecule has 3 unspecified atom stereocenters. The molecule has 23 heavy (non-hydrogen) atoms. The van der Waals surface area contributed by atoms with E-state index in [2.05, 4.69) is 64.3 Å². The second-order valence-corrected chi connectivity index (χ2v) is 7.17. The summed E-state index contributed by atoms with van der Waals surface area (Å²) in [7, 11) is 0. The molecule has 0 saturated heterocycles. The first-order chi connectivity index (χ1) is 11.0. The van der Waals surface area contributed by atoms with Crippen molar-refractivity contribution >= 4 is 11.4 Å². The molecule has 1 heterocycles. The number of anilines is 2. The lowest BCUT2D eigenvalue weighted by molar-refractivity contribution is 0.333. The summed E-state index contributed by atoms with van der Waals surface area (Å²) in [5.74, 6) is 1.59. The van der Waals surface area contributed by atoms with Gasteiger partial charge in [-0.05, 0) is 64.0 Å². The van der Waals surface area contributed by atoms with Crippen molar-refractivity contribution in [3.63, 3.8) is 0 Å². The Morgan fingerprint density at radius 1 is 1.30 bits per heavy atom. The first-order valence-corrected chi connectivity index (χ1v) is 9.31. The lowest BCUT2D eigenvalue weighted by Crippen LogP contribution is -2.40. The molecule has 0 bridgehead atoms. The Morgan fingerprint density at radius 2 is 2.04 bits per heavy atom. The van der Waals surface area contributed by atoms with Gasteiger partial charge in [0.15, 0.2) is 0 Å². The molecule has 0 aromatic heterocycles.